The van der Waals surface area contributed by atoms with Crippen LogP contribution in [0.2, 0.25) is 0 Å². The van der Waals surface area contributed by atoms with E-state index in [1.54, 1.807) is 20.8 Å². The van der Waals surface area contributed by atoms with Crippen molar-refractivity contribution in [2.75, 3.05) is 13.1 Å². The largest absolute Gasteiger partial charge is 0.477 e. The van der Waals surface area contributed by atoms with Gasteiger partial charge in [0.05, 0.1) is 0 Å². The molecule has 22 heavy (non-hydrogen) atoms. The molecule has 0 saturated heterocycles. The minimum atomic E-state index is -3.84. The van der Waals surface area contributed by atoms with Gasteiger partial charge in [-0.15, -0.1) is 0 Å². The first kappa shape index (κ1) is 18.0. The van der Waals surface area contributed by atoms with E-state index >= 15 is 0 Å². The van der Waals surface area contributed by atoms with Crippen LogP contribution < -0.4 is 10.0 Å². The number of carbonyl (C=O) groups excluding carboxylic acids is 1. The third kappa shape index (κ3) is 5.74. The molecule has 0 unspecified atom stereocenters. The van der Waals surface area contributed by atoms with Gasteiger partial charge < -0.3 is 20.1 Å². The fourth-order valence-electron chi connectivity index (χ4n) is 1.40. The Hall–Kier alpha value is -2.07. The zero-order chi connectivity index (χ0) is 17.0. The fraction of sp³-hybridized carbons (Fsp3) is 0.500. The summed E-state index contributed by atoms with van der Waals surface area (Å²) in [5.74, 6) is -1.26. The molecule has 124 valence electrons. The monoisotopic (exact) mass is 333 g/mol. The van der Waals surface area contributed by atoms with E-state index in [0.29, 0.717) is 0 Å². The quantitative estimate of drug-likeness (QED) is 0.560. The molecule has 1 amide bonds. The van der Waals surface area contributed by atoms with E-state index in [4.69, 9.17) is 9.84 Å². The summed E-state index contributed by atoms with van der Waals surface area (Å²) in [7, 11) is -3.84. The molecule has 0 radical (unpaired) electrons. The summed E-state index contributed by atoms with van der Waals surface area (Å²) in [6.07, 6.45) is 0.425. The molecule has 10 heteroatoms. The predicted octanol–water partition coefficient (Wildman–Crippen LogP) is 0.516. The van der Waals surface area contributed by atoms with Crippen molar-refractivity contribution < 1.29 is 27.9 Å². The number of ether oxygens (including phenoxy) is 1. The van der Waals surface area contributed by atoms with Gasteiger partial charge in [-0.3, -0.25) is 0 Å². The number of carbonyl (C=O) groups is 2. The molecule has 1 heterocycles. The van der Waals surface area contributed by atoms with E-state index < -0.39 is 27.7 Å². The Morgan fingerprint density at radius 2 is 1.95 bits per heavy atom. The van der Waals surface area contributed by atoms with Gasteiger partial charge in [0.15, 0.2) is 0 Å². The number of hydrogen-bond donors (Lipinski definition) is 4. The minimum Gasteiger partial charge on any atom is -0.477 e. The van der Waals surface area contributed by atoms with E-state index in [0.717, 1.165) is 12.3 Å². The summed E-state index contributed by atoms with van der Waals surface area (Å²) >= 11 is 0. The van der Waals surface area contributed by atoms with Gasteiger partial charge in [0, 0.05) is 19.3 Å². The third-order valence-electron chi connectivity index (χ3n) is 2.28. The van der Waals surface area contributed by atoms with Crippen LogP contribution in [0, 0.1) is 0 Å². The lowest BCUT2D eigenvalue weighted by molar-refractivity contribution is 0.0528. The van der Waals surface area contributed by atoms with Crippen molar-refractivity contribution in [2.45, 2.75) is 31.3 Å². The fourth-order valence-corrected chi connectivity index (χ4v) is 2.43. The standard InChI is InChI=1S/C12H19N3O6S/c1-12(2,3)21-11(18)13-4-5-15-22(19,20)8-6-9(10(16)17)14-7-8/h6-7,14-15H,4-5H2,1-3H3,(H,13,18)(H,16,17). The van der Waals surface area contributed by atoms with Crippen LogP contribution in [-0.4, -0.2) is 49.3 Å². The number of aromatic amines is 1. The Kier molecular flexibility index (Phi) is 5.55. The Bertz CT molecular complexity index is 644. The summed E-state index contributed by atoms with van der Waals surface area (Å²) in [4.78, 5) is 24.2. The topological polar surface area (TPSA) is 138 Å². The molecule has 0 saturated carbocycles. The van der Waals surface area contributed by atoms with Gasteiger partial charge in [-0.25, -0.2) is 22.7 Å². The van der Waals surface area contributed by atoms with Crippen LogP contribution in [0.1, 0.15) is 31.3 Å². The maximum atomic E-state index is 11.9. The molecule has 0 atom stereocenters. The molecule has 0 aromatic carbocycles. The maximum Gasteiger partial charge on any atom is 0.407 e. The number of sulfonamides is 1. The second kappa shape index (κ2) is 6.79. The van der Waals surface area contributed by atoms with E-state index in [1.165, 1.54) is 0 Å². The molecule has 0 bridgehead atoms. The zero-order valence-electron chi connectivity index (χ0n) is 12.5. The number of rotatable bonds is 6. The van der Waals surface area contributed by atoms with E-state index in [1.807, 2.05) is 0 Å². The van der Waals surface area contributed by atoms with E-state index in [-0.39, 0.29) is 23.7 Å². The Labute approximate surface area is 128 Å². The summed E-state index contributed by atoms with van der Waals surface area (Å²) in [5.41, 5.74) is -0.866. The molecular formula is C12H19N3O6S. The summed E-state index contributed by atoms with van der Waals surface area (Å²) < 4.78 is 31.0. The molecule has 0 aliphatic heterocycles. The zero-order valence-corrected chi connectivity index (χ0v) is 13.3. The minimum absolute atomic E-state index is 0.0321. The van der Waals surface area contributed by atoms with Gasteiger partial charge in [-0.1, -0.05) is 0 Å². The molecule has 0 fully saturated rings. The van der Waals surface area contributed by atoms with Crippen molar-refractivity contribution in [1.29, 1.82) is 0 Å². The summed E-state index contributed by atoms with van der Waals surface area (Å²) in [5, 5.41) is 11.1. The van der Waals surface area contributed by atoms with Gasteiger partial charge in [-0.2, -0.15) is 0 Å². The first-order valence-corrected chi connectivity index (χ1v) is 7.88. The number of carboxylic acids is 1. The molecule has 1 rings (SSSR count). The molecule has 9 nitrogen and oxygen atoms in total. The van der Waals surface area contributed by atoms with Crippen LogP contribution in [-0.2, 0) is 14.8 Å². The first-order valence-electron chi connectivity index (χ1n) is 6.39. The van der Waals surface area contributed by atoms with Gasteiger partial charge in [0.2, 0.25) is 10.0 Å². The third-order valence-corrected chi connectivity index (χ3v) is 3.72. The number of alkyl carbamates (subject to hydrolysis) is 1. The predicted molar refractivity (Wildman–Crippen MR) is 77.2 cm³/mol. The van der Waals surface area contributed by atoms with Crippen molar-refractivity contribution >= 4 is 22.1 Å². The molecular weight excluding hydrogens is 314 g/mol. The number of carboxylic acid groups (broad SMARTS) is 1. The molecule has 0 aliphatic rings. The highest BCUT2D eigenvalue weighted by Crippen LogP contribution is 2.10. The Morgan fingerprint density at radius 3 is 2.45 bits per heavy atom. The lowest BCUT2D eigenvalue weighted by Crippen LogP contribution is -2.37. The van der Waals surface area contributed by atoms with Crippen molar-refractivity contribution in [3.8, 4) is 0 Å². The molecule has 4 N–H and O–H groups in total. The lowest BCUT2D eigenvalue weighted by atomic mass is 10.2. The summed E-state index contributed by atoms with van der Waals surface area (Å²) in [6.45, 7) is 5.10. The Morgan fingerprint density at radius 1 is 1.32 bits per heavy atom. The average molecular weight is 333 g/mol. The lowest BCUT2D eigenvalue weighted by Gasteiger charge is -2.19. The Balaban J connectivity index is 2.46. The smallest absolute Gasteiger partial charge is 0.407 e. The SMILES string of the molecule is CC(C)(C)OC(=O)NCCNS(=O)(=O)c1c[nH]c(C(=O)O)c1. The number of amides is 1. The van der Waals surface area contributed by atoms with Crippen molar-refractivity contribution in [2.24, 2.45) is 0 Å². The maximum absolute atomic E-state index is 11.9. The molecule has 1 aromatic heterocycles. The van der Waals surface area contributed by atoms with E-state index in [2.05, 4.69) is 15.0 Å². The number of hydrogen-bond acceptors (Lipinski definition) is 5. The molecule has 0 spiro atoms. The van der Waals surface area contributed by atoms with Crippen LogP contribution in [0.15, 0.2) is 17.2 Å². The van der Waals surface area contributed by atoms with Crippen LogP contribution in [0.5, 0.6) is 0 Å². The van der Waals surface area contributed by atoms with Gasteiger partial charge in [0.1, 0.15) is 16.2 Å². The van der Waals surface area contributed by atoms with Crippen LogP contribution in [0.25, 0.3) is 0 Å². The number of H-pyrrole nitrogens is 1. The highest BCUT2D eigenvalue weighted by molar-refractivity contribution is 7.89. The number of aromatic nitrogens is 1. The highest BCUT2D eigenvalue weighted by atomic mass is 32.2. The van der Waals surface area contributed by atoms with Crippen molar-refractivity contribution in [3.05, 3.63) is 18.0 Å². The second-order valence-corrected chi connectivity index (χ2v) is 7.15. The molecule has 0 aliphatic carbocycles. The number of aromatic carboxylic acids is 1. The molecule has 1 aromatic rings. The summed E-state index contributed by atoms with van der Waals surface area (Å²) in [6, 6.07) is 1.01. The van der Waals surface area contributed by atoms with Crippen LogP contribution >= 0.6 is 0 Å². The average Bonchev–Trinajstić information content (AvgIpc) is 2.83. The van der Waals surface area contributed by atoms with Crippen LogP contribution in [0.4, 0.5) is 4.79 Å². The van der Waals surface area contributed by atoms with E-state index in [9.17, 15) is 18.0 Å². The van der Waals surface area contributed by atoms with Crippen molar-refractivity contribution in [3.63, 3.8) is 0 Å². The van der Waals surface area contributed by atoms with Gasteiger partial charge in [0.25, 0.3) is 0 Å². The van der Waals surface area contributed by atoms with Crippen LogP contribution in [0.3, 0.4) is 0 Å². The van der Waals surface area contributed by atoms with Crippen molar-refractivity contribution in [1.82, 2.24) is 15.0 Å². The van der Waals surface area contributed by atoms with Gasteiger partial charge in [-0.05, 0) is 26.8 Å². The second-order valence-electron chi connectivity index (χ2n) is 5.38. The number of nitrogens with one attached hydrogen (secondary N) is 3. The highest BCUT2D eigenvalue weighted by Gasteiger charge is 2.18. The van der Waals surface area contributed by atoms with Gasteiger partial charge >= 0.3 is 12.1 Å². The first-order chi connectivity index (χ1) is 10.0. The normalized spacial score (nSPS) is 12.0.